The molecule has 8 heteroatoms. The van der Waals surface area contributed by atoms with Crippen molar-refractivity contribution in [3.8, 4) is 5.75 Å². The van der Waals surface area contributed by atoms with Crippen molar-refractivity contribution in [1.82, 2.24) is 14.8 Å². The lowest BCUT2D eigenvalue weighted by Crippen LogP contribution is -2.31. The molecule has 0 fully saturated rings. The molecule has 0 spiro atoms. The predicted octanol–water partition coefficient (Wildman–Crippen LogP) is 3.94. The van der Waals surface area contributed by atoms with Crippen LogP contribution in [0.25, 0.3) is 10.9 Å². The number of anilines is 1. The van der Waals surface area contributed by atoms with Gasteiger partial charge in [-0.3, -0.25) is 14.5 Å². The first kappa shape index (κ1) is 17.9. The van der Waals surface area contributed by atoms with Crippen molar-refractivity contribution in [2.24, 2.45) is 7.05 Å². The number of halogens is 2. The Morgan fingerprint density at radius 2 is 2.20 bits per heavy atom. The number of rotatable bonds is 4. The molecule has 1 aromatic carbocycles. The lowest BCUT2D eigenvalue weighted by molar-refractivity contribution is -0.122. The maximum atomic E-state index is 12.5. The molecular formula is C17H16ClIN4O2. The van der Waals surface area contributed by atoms with Crippen molar-refractivity contribution in [3.63, 3.8) is 0 Å². The lowest BCUT2D eigenvalue weighted by atomic mass is 10.2. The molecule has 130 valence electrons. The van der Waals surface area contributed by atoms with Gasteiger partial charge in [0, 0.05) is 24.7 Å². The fourth-order valence-electron chi connectivity index (χ4n) is 2.44. The van der Waals surface area contributed by atoms with Gasteiger partial charge in [-0.2, -0.15) is 5.10 Å². The number of pyridine rings is 1. The second-order valence-corrected chi connectivity index (χ2v) is 7.18. The molecule has 1 atom stereocenters. The van der Waals surface area contributed by atoms with Gasteiger partial charge in [0.05, 0.1) is 14.3 Å². The summed E-state index contributed by atoms with van der Waals surface area (Å²) in [5, 5.41) is 8.41. The van der Waals surface area contributed by atoms with Gasteiger partial charge in [-0.05, 0) is 54.6 Å². The Balaban J connectivity index is 1.85. The number of hydrogen-bond donors (Lipinski definition) is 1. The van der Waals surface area contributed by atoms with Crippen LogP contribution in [0.1, 0.15) is 12.6 Å². The summed E-state index contributed by atoms with van der Waals surface area (Å²) in [4.78, 5) is 16.8. The number of benzene rings is 1. The molecule has 0 aliphatic rings. The first-order valence-electron chi connectivity index (χ1n) is 7.57. The summed E-state index contributed by atoms with van der Waals surface area (Å²) in [7, 11) is 1.77. The lowest BCUT2D eigenvalue weighted by Gasteiger charge is -2.17. The molecule has 1 N–H and O–H groups in total. The van der Waals surface area contributed by atoms with Crippen molar-refractivity contribution in [3.05, 3.63) is 44.7 Å². The smallest absolute Gasteiger partial charge is 0.266 e. The van der Waals surface area contributed by atoms with E-state index in [0.717, 1.165) is 14.7 Å². The third-order valence-corrected chi connectivity index (χ3v) is 4.78. The summed E-state index contributed by atoms with van der Waals surface area (Å²) < 4.78 is 8.33. The Morgan fingerprint density at radius 1 is 1.44 bits per heavy atom. The molecule has 0 aliphatic carbocycles. The summed E-state index contributed by atoms with van der Waals surface area (Å²) in [5.74, 6) is 0.897. The minimum absolute atomic E-state index is 0.266. The van der Waals surface area contributed by atoms with Gasteiger partial charge in [-0.15, -0.1) is 0 Å². The van der Waals surface area contributed by atoms with E-state index < -0.39 is 6.10 Å². The van der Waals surface area contributed by atoms with Crippen molar-refractivity contribution in [2.45, 2.75) is 20.0 Å². The van der Waals surface area contributed by atoms with Crippen molar-refractivity contribution in [1.29, 1.82) is 0 Å². The van der Waals surface area contributed by atoms with Gasteiger partial charge >= 0.3 is 0 Å². The maximum Gasteiger partial charge on any atom is 0.266 e. The number of amides is 1. The van der Waals surface area contributed by atoms with E-state index in [9.17, 15) is 4.79 Å². The van der Waals surface area contributed by atoms with Crippen LogP contribution in [0.15, 0.2) is 30.5 Å². The summed E-state index contributed by atoms with van der Waals surface area (Å²) >= 11 is 8.40. The van der Waals surface area contributed by atoms with Crippen LogP contribution in [-0.2, 0) is 11.8 Å². The van der Waals surface area contributed by atoms with Crippen LogP contribution in [0.5, 0.6) is 5.75 Å². The second-order valence-electron chi connectivity index (χ2n) is 5.61. The average molecular weight is 471 g/mol. The van der Waals surface area contributed by atoms with Crippen LogP contribution in [0, 0.1) is 10.5 Å². The topological polar surface area (TPSA) is 69.0 Å². The number of aromatic nitrogens is 3. The molecule has 0 saturated carbocycles. The summed E-state index contributed by atoms with van der Waals surface area (Å²) in [6, 6.07) is 7.28. The second kappa shape index (κ2) is 7.17. The highest BCUT2D eigenvalue weighted by atomic mass is 127. The number of hydrogen-bond acceptors (Lipinski definition) is 4. The zero-order valence-corrected chi connectivity index (χ0v) is 16.8. The molecular weight excluding hydrogens is 455 g/mol. The number of carbonyl (C=O) groups excluding carboxylic acids is 1. The van der Waals surface area contributed by atoms with Gasteiger partial charge in [0.1, 0.15) is 11.3 Å². The Bertz CT molecular complexity index is 957. The highest BCUT2D eigenvalue weighted by Gasteiger charge is 2.20. The van der Waals surface area contributed by atoms with Gasteiger partial charge in [0.15, 0.2) is 11.9 Å². The van der Waals surface area contributed by atoms with Crippen molar-refractivity contribution < 1.29 is 9.53 Å². The molecule has 2 aromatic heterocycles. The molecule has 0 aliphatic heterocycles. The third kappa shape index (κ3) is 3.72. The molecule has 0 unspecified atom stereocenters. The van der Waals surface area contributed by atoms with Gasteiger partial charge < -0.3 is 10.1 Å². The first-order chi connectivity index (χ1) is 11.9. The van der Waals surface area contributed by atoms with Gasteiger partial charge in [-0.1, -0.05) is 11.6 Å². The van der Waals surface area contributed by atoms with E-state index in [1.807, 2.05) is 19.1 Å². The van der Waals surface area contributed by atoms with Gasteiger partial charge in [-0.25, -0.2) is 0 Å². The number of fused-ring (bicyclic) bond motifs is 1. The molecule has 0 radical (unpaired) electrons. The zero-order valence-electron chi connectivity index (χ0n) is 13.9. The maximum absolute atomic E-state index is 12.5. The van der Waals surface area contributed by atoms with Crippen LogP contribution in [0.4, 0.5) is 5.82 Å². The molecule has 3 rings (SSSR count). The molecule has 1 amide bonds. The van der Waals surface area contributed by atoms with Crippen LogP contribution in [0.3, 0.4) is 0 Å². The van der Waals surface area contributed by atoms with Crippen molar-refractivity contribution in [2.75, 3.05) is 5.32 Å². The normalized spacial score (nSPS) is 12.2. The highest BCUT2D eigenvalue weighted by molar-refractivity contribution is 14.1. The van der Waals surface area contributed by atoms with Crippen LogP contribution < -0.4 is 10.1 Å². The minimum atomic E-state index is -0.713. The Hall–Kier alpha value is -1.87. The van der Waals surface area contributed by atoms with Crippen LogP contribution in [0.2, 0.25) is 5.02 Å². The third-order valence-electron chi connectivity index (χ3n) is 3.67. The Morgan fingerprint density at radius 3 is 2.88 bits per heavy atom. The van der Waals surface area contributed by atoms with E-state index in [2.05, 4.69) is 38.0 Å². The number of ether oxygens (including phenoxy) is 1. The Kier molecular flexibility index (Phi) is 5.14. The summed E-state index contributed by atoms with van der Waals surface area (Å²) in [6.45, 7) is 3.56. The quantitative estimate of drug-likeness (QED) is 0.587. The number of aryl methyl sites for hydroxylation is 2. The van der Waals surface area contributed by atoms with Crippen LogP contribution in [-0.4, -0.2) is 26.8 Å². The van der Waals surface area contributed by atoms with E-state index in [4.69, 9.17) is 16.3 Å². The molecule has 6 nitrogen and oxygen atoms in total. The van der Waals surface area contributed by atoms with E-state index >= 15 is 0 Å². The zero-order chi connectivity index (χ0) is 18.1. The monoisotopic (exact) mass is 470 g/mol. The van der Waals surface area contributed by atoms with E-state index in [-0.39, 0.29) is 5.91 Å². The molecule has 2 heterocycles. The van der Waals surface area contributed by atoms with Gasteiger partial charge in [0.2, 0.25) is 0 Å². The predicted molar refractivity (Wildman–Crippen MR) is 106 cm³/mol. The fourth-order valence-corrected chi connectivity index (χ4v) is 3.58. The fraction of sp³-hybridized carbons (Fsp3) is 0.235. The summed E-state index contributed by atoms with van der Waals surface area (Å²) in [5.41, 5.74) is 1.46. The number of nitrogens with one attached hydrogen (secondary N) is 1. The minimum Gasteiger partial charge on any atom is -0.477 e. The van der Waals surface area contributed by atoms with Crippen LogP contribution >= 0.6 is 34.2 Å². The van der Waals surface area contributed by atoms with E-state index in [0.29, 0.717) is 22.1 Å². The van der Waals surface area contributed by atoms with Gasteiger partial charge in [0.25, 0.3) is 5.91 Å². The number of carbonyl (C=O) groups is 1. The van der Waals surface area contributed by atoms with E-state index in [1.165, 1.54) is 0 Å². The molecule has 3 aromatic rings. The first-order valence-corrected chi connectivity index (χ1v) is 9.03. The Labute approximate surface area is 163 Å². The average Bonchev–Trinajstić information content (AvgIpc) is 2.88. The molecule has 0 bridgehead atoms. The molecule has 0 saturated heterocycles. The SMILES string of the molecule is Cc1cc(NC(=O)[C@@H](C)Oc2c(I)cc(Cl)c3cccnc23)n(C)n1. The highest BCUT2D eigenvalue weighted by Crippen LogP contribution is 2.35. The molecule has 25 heavy (non-hydrogen) atoms. The largest absolute Gasteiger partial charge is 0.477 e. The number of nitrogens with zero attached hydrogens (tertiary/aromatic N) is 3. The van der Waals surface area contributed by atoms with Crippen molar-refractivity contribution >= 4 is 56.8 Å². The summed E-state index contributed by atoms with van der Waals surface area (Å²) in [6.07, 6.45) is 0.959. The van der Waals surface area contributed by atoms with E-state index in [1.54, 1.807) is 37.0 Å². The standard InChI is InChI=1S/C17H16ClIN4O2/c1-9-7-14(23(3)22-9)21-17(24)10(2)25-16-13(19)8-12(18)11-5-4-6-20-15(11)16/h4-8,10H,1-3H3,(H,21,24)/t10-/m1/s1.